The predicted octanol–water partition coefficient (Wildman–Crippen LogP) is 3.92. The molecule has 106 valence electrons. The van der Waals surface area contributed by atoms with Gasteiger partial charge in [0.05, 0.1) is 11.8 Å². The molecule has 0 radical (unpaired) electrons. The van der Waals surface area contributed by atoms with Crippen LogP contribution in [0.15, 0.2) is 47.6 Å². The number of aryl methyl sites for hydroxylation is 1. The van der Waals surface area contributed by atoms with Crippen molar-refractivity contribution in [3.63, 3.8) is 0 Å². The summed E-state index contributed by atoms with van der Waals surface area (Å²) in [5.74, 6) is 6.15. The molecule has 0 unspecified atom stereocenters. The quantitative estimate of drug-likeness (QED) is 0.232. The standard InChI is InChI=1S/C17H15ClN2O/c18-17-12-11-15(16(20-17)13-19-21)10-6-2-5-9-14-7-3-1-4-8-14/h1,3-4,7-8,11-13,21H,2,5,9H2/b19-13-. The summed E-state index contributed by atoms with van der Waals surface area (Å²) in [5, 5.41) is 11.9. The molecule has 3 nitrogen and oxygen atoms in total. The topological polar surface area (TPSA) is 45.5 Å². The maximum absolute atomic E-state index is 8.61. The van der Waals surface area contributed by atoms with E-state index in [2.05, 4.69) is 34.1 Å². The van der Waals surface area contributed by atoms with E-state index in [-0.39, 0.29) is 0 Å². The second-order valence-corrected chi connectivity index (χ2v) is 4.84. The normalized spacial score (nSPS) is 10.3. The van der Waals surface area contributed by atoms with Crippen LogP contribution in [0.5, 0.6) is 0 Å². The Bertz CT molecular complexity index is 672. The zero-order valence-corrected chi connectivity index (χ0v) is 12.2. The van der Waals surface area contributed by atoms with E-state index in [0.29, 0.717) is 16.4 Å². The molecule has 0 aliphatic carbocycles. The van der Waals surface area contributed by atoms with Crippen molar-refractivity contribution in [1.82, 2.24) is 4.98 Å². The molecular weight excluding hydrogens is 284 g/mol. The summed E-state index contributed by atoms with van der Waals surface area (Å²) in [6, 6.07) is 13.8. The van der Waals surface area contributed by atoms with Crippen LogP contribution in [0, 0.1) is 11.8 Å². The first-order valence-electron chi connectivity index (χ1n) is 6.66. The fourth-order valence-electron chi connectivity index (χ4n) is 1.89. The molecule has 0 spiro atoms. The van der Waals surface area contributed by atoms with Gasteiger partial charge in [0.25, 0.3) is 0 Å². The molecule has 0 fully saturated rings. The van der Waals surface area contributed by atoms with Crippen LogP contribution in [-0.4, -0.2) is 16.4 Å². The lowest BCUT2D eigenvalue weighted by Gasteiger charge is -1.98. The number of pyridine rings is 1. The van der Waals surface area contributed by atoms with Crippen molar-refractivity contribution in [2.75, 3.05) is 0 Å². The Morgan fingerprint density at radius 2 is 2.00 bits per heavy atom. The second-order valence-electron chi connectivity index (χ2n) is 4.45. The minimum atomic E-state index is 0.347. The van der Waals surface area contributed by atoms with Crippen LogP contribution in [0.1, 0.15) is 29.7 Å². The number of nitrogens with zero attached hydrogens (tertiary/aromatic N) is 2. The molecule has 1 N–H and O–H groups in total. The lowest BCUT2D eigenvalue weighted by atomic mass is 10.1. The van der Waals surface area contributed by atoms with E-state index >= 15 is 0 Å². The third-order valence-corrected chi connectivity index (χ3v) is 3.11. The van der Waals surface area contributed by atoms with Gasteiger partial charge in [-0.1, -0.05) is 58.9 Å². The first-order chi connectivity index (χ1) is 10.3. The van der Waals surface area contributed by atoms with Crippen LogP contribution in [0.2, 0.25) is 5.15 Å². The van der Waals surface area contributed by atoms with Crippen molar-refractivity contribution in [2.24, 2.45) is 5.16 Å². The Labute approximate surface area is 129 Å². The van der Waals surface area contributed by atoms with Crippen molar-refractivity contribution in [2.45, 2.75) is 19.3 Å². The number of aromatic nitrogens is 1. The van der Waals surface area contributed by atoms with Gasteiger partial charge in [0, 0.05) is 6.42 Å². The van der Waals surface area contributed by atoms with Gasteiger partial charge in [0.2, 0.25) is 0 Å². The predicted molar refractivity (Wildman–Crippen MR) is 84.9 cm³/mol. The van der Waals surface area contributed by atoms with Crippen molar-refractivity contribution in [3.8, 4) is 11.8 Å². The van der Waals surface area contributed by atoms with E-state index < -0.39 is 0 Å². The third kappa shape index (κ3) is 4.94. The van der Waals surface area contributed by atoms with E-state index in [1.165, 1.54) is 11.8 Å². The molecule has 4 heteroatoms. The molecule has 2 aromatic rings. The number of benzene rings is 1. The summed E-state index contributed by atoms with van der Waals surface area (Å²) in [4.78, 5) is 4.06. The van der Waals surface area contributed by atoms with Crippen molar-refractivity contribution in [3.05, 3.63) is 64.4 Å². The van der Waals surface area contributed by atoms with E-state index in [1.54, 1.807) is 12.1 Å². The monoisotopic (exact) mass is 298 g/mol. The molecule has 0 saturated heterocycles. The number of halogens is 1. The smallest absolute Gasteiger partial charge is 0.129 e. The maximum atomic E-state index is 8.61. The van der Waals surface area contributed by atoms with Crippen molar-refractivity contribution in [1.29, 1.82) is 0 Å². The van der Waals surface area contributed by atoms with Gasteiger partial charge in [0.1, 0.15) is 10.8 Å². The molecular formula is C17H15ClN2O. The van der Waals surface area contributed by atoms with Crippen LogP contribution in [-0.2, 0) is 6.42 Å². The van der Waals surface area contributed by atoms with Crippen LogP contribution in [0.25, 0.3) is 0 Å². The lowest BCUT2D eigenvalue weighted by Crippen LogP contribution is -1.93. The highest BCUT2D eigenvalue weighted by Gasteiger charge is 2.00. The van der Waals surface area contributed by atoms with E-state index in [0.717, 1.165) is 19.3 Å². The van der Waals surface area contributed by atoms with E-state index in [1.807, 2.05) is 18.2 Å². The van der Waals surface area contributed by atoms with Gasteiger partial charge in [-0.2, -0.15) is 0 Å². The molecule has 0 bridgehead atoms. The number of unbranched alkanes of at least 4 members (excludes halogenated alkanes) is 1. The SMILES string of the molecule is O/N=C\c1nc(Cl)ccc1C#CCCCc1ccccc1. The maximum Gasteiger partial charge on any atom is 0.129 e. The third-order valence-electron chi connectivity index (χ3n) is 2.90. The molecule has 0 atom stereocenters. The summed E-state index contributed by atoms with van der Waals surface area (Å²) in [5.41, 5.74) is 2.50. The Balaban J connectivity index is 1.94. The van der Waals surface area contributed by atoms with Gasteiger partial charge in [0.15, 0.2) is 0 Å². The minimum Gasteiger partial charge on any atom is -0.411 e. The lowest BCUT2D eigenvalue weighted by molar-refractivity contribution is 0.321. The van der Waals surface area contributed by atoms with Crippen LogP contribution < -0.4 is 0 Å². The van der Waals surface area contributed by atoms with Gasteiger partial charge in [-0.15, -0.1) is 0 Å². The highest BCUT2D eigenvalue weighted by atomic mass is 35.5. The Morgan fingerprint density at radius 3 is 2.76 bits per heavy atom. The highest BCUT2D eigenvalue weighted by molar-refractivity contribution is 6.29. The summed E-state index contributed by atoms with van der Waals surface area (Å²) < 4.78 is 0. The molecule has 0 aliphatic rings. The Hall–Kier alpha value is -2.31. The molecule has 0 amide bonds. The number of hydrogen-bond donors (Lipinski definition) is 1. The summed E-state index contributed by atoms with van der Waals surface area (Å²) in [6.45, 7) is 0. The molecule has 1 aromatic heterocycles. The minimum absolute atomic E-state index is 0.347. The van der Waals surface area contributed by atoms with Crippen LogP contribution in [0.3, 0.4) is 0 Å². The average molecular weight is 299 g/mol. The molecule has 0 aliphatic heterocycles. The largest absolute Gasteiger partial charge is 0.411 e. The molecule has 1 aromatic carbocycles. The van der Waals surface area contributed by atoms with Gasteiger partial charge in [-0.25, -0.2) is 4.98 Å². The Morgan fingerprint density at radius 1 is 1.19 bits per heavy atom. The molecule has 2 rings (SSSR count). The second kappa shape index (κ2) is 8.08. The van der Waals surface area contributed by atoms with Crippen LogP contribution in [0.4, 0.5) is 0 Å². The first-order valence-corrected chi connectivity index (χ1v) is 7.04. The van der Waals surface area contributed by atoms with Gasteiger partial charge in [-0.05, 0) is 30.5 Å². The average Bonchev–Trinajstić information content (AvgIpc) is 2.50. The fraction of sp³-hybridized carbons (Fsp3) is 0.176. The number of oxime groups is 1. The number of hydrogen-bond acceptors (Lipinski definition) is 3. The highest BCUT2D eigenvalue weighted by Crippen LogP contribution is 2.09. The van der Waals surface area contributed by atoms with Crippen molar-refractivity contribution >= 4 is 17.8 Å². The zero-order chi connectivity index (χ0) is 14.9. The van der Waals surface area contributed by atoms with Gasteiger partial charge < -0.3 is 5.21 Å². The van der Waals surface area contributed by atoms with Crippen molar-refractivity contribution < 1.29 is 5.21 Å². The van der Waals surface area contributed by atoms with Gasteiger partial charge in [-0.3, -0.25) is 0 Å². The van der Waals surface area contributed by atoms with Crippen LogP contribution >= 0.6 is 11.6 Å². The molecule has 1 heterocycles. The summed E-state index contributed by atoms with van der Waals surface area (Å²) in [6.07, 6.45) is 4.05. The van der Waals surface area contributed by atoms with Gasteiger partial charge >= 0.3 is 0 Å². The molecule has 21 heavy (non-hydrogen) atoms. The molecule has 0 saturated carbocycles. The summed E-state index contributed by atoms with van der Waals surface area (Å²) >= 11 is 5.80. The Kier molecular flexibility index (Phi) is 5.81. The van der Waals surface area contributed by atoms with E-state index in [4.69, 9.17) is 16.8 Å². The zero-order valence-electron chi connectivity index (χ0n) is 11.5. The number of rotatable bonds is 4. The fourth-order valence-corrected chi connectivity index (χ4v) is 2.05. The van der Waals surface area contributed by atoms with E-state index in [9.17, 15) is 0 Å². The summed E-state index contributed by atoms with van der Waals surface area (Å²) in [7, 11) is 0. The first kappa shape index (κ1) is 15.1.